The molecule has 9 nitrogen and oxygen atoms in total. The highest BCUT2D eigenvalue weighted by Gasteiger charge is 2.70. The maximum absolute atomic E-state index is 14.3. The summed E-state index contributed by atoms with van der Waals surface area (Å²) in [6, 6.07) is -0.603. The second kappa shape index (κ2) is 12.7. The first-order valence-electron chi connectivity index (χ1n) is 14.8. The Morgan fingerprint density at radius 3 is 2.44 bits per heavy atom. The van der Waals surface area contributed by atoms with E-state index in [2.05, 4.69) is 36.1 Å². The number of carbonyl (C=O) groups is 3. The lowest BCUT2D eigenvalue weighted by molar-refractivity contribution is -0.144. The molecule has 5 aliphatic heterocycles. The average Bonchev–Trinajstić information content (AvgIpc) is 3.26. The van der Waals surface area contributed by atoms with E-state index in [-0.39, 0.29) is 29.6 Å². The Morgan fingerprint density at radius 2 is 1.67 bits per heavy atom. The molecule has 0 bridgehead atoms. The van der Waals surface area contributed by atoms with Crippen LogP contribution < -0.4 is 0 Å². The molecule has 3 fully saturated rings. The van der Waals surface area contributed by atoms with Gasteiger partial charge in [-0.2, -0.15) is 0 Å². The van der Waals surface area contributed by atoms with Crippen LogP contribution in [-0.2, 0) is 19.1 Å². The highest BCUT2D eigenvalue weighted by Crippen LogP contribution is 2.61. The maximum Gasteiger partial charge on any atom is 0.247 e. The zero-order chi connectivity index (χ0) is 27.4. The smallest absolute Gasteiger partial charge is 0.247 e. The van der Waals surface area contributed by atoms with Crippen molar-refractivity contribution in [1.29, 1.82) is 0 Å². The van der Waals surface area contributed by atoms with E-state index in [1.807, 2.05) is 14.7 Å². The molecule has 0 aromatic heterocycles. The predicted molar refractivity (Wildman–Crippen MR) is 151 cm³/mol. The van der Waals surface area contributed by atoms with E-state index in [0.717, 1.165) is 65.0 Å². The minimum atomic E-state index is -0.739. The van der Waals surface area contributed by atoms with Gasteiger partial charge in [-0.15, -0.1) is 11.8 Å². The van der Waals surface area contributed by atoms with E-state index in [1.54, 1.807) is 11.8 Å². The molecular weight excluding hydrogens is 516 g/mol. The molecule has 0 aliphatic carbocycles. The topological polar surface area (TPSA) is 93.6 Å². The Morgan fingerprint density at radius 1 is 0.923 bits per heavy atom. The monoisotopic (exact) mass is 560 g/mol. The molecule has 10 heteroatoms. The van der Waals surface area contributed by atoms with Crippen molar-refractivity contribution in [1.82, 2.24) is 19.6 Å². The molecule has 0 aromatic carbocycles. The van der Waals surface area contributed by atoms with Crippen molar-refractivity contribution in [2.45, 2.75) is 55.1 Å². The van der Waals surface area contributed by atoms with Crippen LogP contribution in [0.3, 0.4) is 0 Å². The number of ether oxygens (including phenoxy) is 1. The van der Waals surface area contributed by atoms with Gasteiger partial charge >= 0.3 is 0 Å². The lowest BCUT2D eigenvalue weighted by Crippen LogP contribution is -2.54. The highest BCUT2D eigenvalue weighted by molar-refractivity contribution is 8.02. The molecule has 1 N–H and O–H groups in total. The van der Waals surface area contributed by atoms with Gasteiger partial charge in [0.15, 0.2) is 0 Å². The van der Waals surface area contributed by atoms with Crippen LogP contribution in [0.2, 0.25) is 0 Å². The maximum atomic E-state index is 14.3. The number of likely N-dealkylation sites (tertiary alicyclic amines) is 1. The molecule has 216 valence electrons. The summed E-state index contributed by atoms with van der Waals surface area (Å²) in [6.07, 6.45) is 12.5. The number of hydrogen-bond donors (Lipinski definition) is 1. The Kier molecular flexibility index (Phi) is 9.36. The summed E-state index contributed by atoms with van der Waals surface area (Å²) in [5.74, 6) is -0.982. The standard InChI is InChI=1S/C29H44N4O5S/c1-2-11-31-12-7-9-22-23(26(31)35)24-27(36)33(14-5-3-4-6-19-34)25-28(37)32(13-8-10-29(24,25)39-22)16-15-30-17-20-38-21-18-30/h7-10,22-25,34H,2-6,11-21H2,1H3/t22-,23+,24+,25?,29+/m1/s1. The van der Waals surface area contributed by atoms with Crippen molar-refractivity contribution < 1.29 is 24.2 Å². The molecule has 5 heterocycles. The molecule has 39 heavy (non-hydrogen) atoms. The molecule has 3 saturated heterocycles. The number of morpholine rings is 1. The number of nitrogens with zero attached hydrogens (tertiary/aromatic N) is 4. The van der Waals surface area contributed by atoms with Crippen LogP contribution in [-0.4, -0.2) is 131 Å². The Bertz CT molecular complexity index is 969. The van der Waals surface area contributed by atoms with E-state index in [4.69, 9.17) is 9.84 Å². The van der Waals surface area contributed by atoms with E-state index in [1.165, 1.54) is 0 Å². The van der Waals surface area contributed by atoms with Crippen LogP contribution in [0.1, 0.15) is 39.0 Å². The molecule has 1 unspecified atom stereocenters. The zero-order valence-corrected chi connectivity index (χ0v) is 24.0. The van der Waals surface area contributed by atoms with Crippen LogP contribution in [0.15, 0.2) is 24.3 Å². The van der Waals surface area contributed by atoms with Crippen molar-refractivity contribution in [3.63, 3.8) is 0 Å². The first kappa shape index (κ1) is 28.6. The van der Waals surface area contributed by atoms with Gasteiger partial charge in [-0.05, 0) is 19.3 Å². The number of unbranched alkanes of at least 4 members (excludes halogenated alkanes) is 3. The highest BCUT2D eigenvalue weighted by atomic mass is 32.2. The quantitative estimate of drug-likeness (QED) is 0.301. The fourth-order valence-electron chi connectivity index (χ4n) is 6.98. The number of aliphatic hydroxyl groups is 1. The summed E-state index contributed by atoms with van der Waals surface area (Å²) in [5.41, 5.74) is 0. The van der Waals surface area contributed by atoms with Crippen LogP contribution >= 0.6 is 11.8 Å². The molecule has 0 saturated carbocycles. The van der Waals surface area contributed by atoms with Crippen LogP contribution in [0.4, 0.5) is 0 Å². The summed E-state index contributed by atoms with van der Waals surface area (Å²) in [4.78, 5) is 50.4. The molecule has 5 atom stereocenters. The third-order valence-electron chi connectivity index (χ3n) is 8.92. The molecule has 5 aliphatic rings. The van der Waals surface area contributed by atoms with E-state index in [9.17, 15) is 14.4 Å². The molecule has 1 spiro atoms. The van der Waals surface area contributed by atoms with Crippen LogP contribution in [0.25, 0.3) is 0 Å². The third kappa shape index (κ3) is 5.54. The minimum Gasteiger partial charge on any atom is -0.396 e. The van der Waals surface area contributed by atoms with Crippen molar-refractivity contribution >= 4 is 29.5 Å². The summed E-state index contributed by atoms with van der Waals surface area (Å²) >= 11 is 1.66. The number of hydrogen-bond acceptors (Lipinski definition) is 7. The molecule has 5 rings (SSSR count). The van der Waals surface area contributed by atoms with E-state index >= 15 is 0 Å². The predicted octanol–water partition coefficient (Wildman–Crippen LogP) is 1.38. The number of aliphatic hydroxyl groups excluding tert-OH is 1. The van der Waals surface area contributed by atoms with Gasteiger partial charge in [-0.1, -0.05) is 44.1 Å². The van der Waals surface area contributed by atoms with E-state index in [0.29, 0.717) is 32.7 Å². The van der Waals surface area contributed by atoms with Crippen molar-refractivity contribution in [3.05, 3.63) is 24.3 Å². The van der Waals surface area contributed by atoms with Gasteiger partial charge in [-0.3, -0.25) is 19.3 Å². The Labute approximate surface area is 236 Å². The van der Waals surface area contributed by atoms with Gasteiger partial charge in [-0.25, -0.2) is 0 Å². The van der Waals surface area contributed by atoms with Gasteiger partial charge in [0, 0.05) is 64.2 Å². The Balaban J connectivity index is 1.42. The fourth-order valence-corrected chi connectivity index (χ4v) is 8.99. The van der Waals surface area contributed by atoms with Gasteiger partial charge < -0.3 is 24.5 Å². The molecule has 0 radical (unpaired) electrons. The minimum absolute atomic E-state index is 0.00488. The summed E-state index contributed by atoms with van der Waals surface area (Å²) < 4.78 is 4.74. The lowest BCUT2D eigenvalue weighted by atomic mass is 9.78. The SMILES string of the molecule is CCCN1CC=C[C@H]2S[C@]34C=CCN(CCN5CCOCC5)C(=O)C3N(CCCCCCO)C(=O)[C@@H]4[C@H]2C1=O. The van der Waals surface area contributed by atoms with Crippen LogP contribution in [0.5, 0.6) is 0 Å². The average molecular weight is 561 g/mol. The van der Waals surface area contributed by atoms with Crippen molar-refractivity contribution in [3.8, 4) is 0 Å². The zero-order valence-electron chi connectivity index (χ0n) is 23.2. The normalized spacial score (nSPS) is 32.9. The Hall–Kier alpha value is -1.88. The summed E-state index contributed by atoms with van der Waals surface area (Å²) in [5, 5.41) is 9.05. The van der Waals surface area contributed by atoms with Gasteiger partial charge in [0.2, 0.25) is 17.7 Å². The number of thioether (sulfide) groups is 1. The van der Waals surface area contributed by atoms with Gasteiger partial charge in [0.1, 0.15) is 6.04 Å². The fraction of sp³-hybridized carbons (Fsp3) is 0.759. The van der Waals surface area contributed by atoms with Gasteiger partial charge in [0.25, 0.3) is 0 Å². The molecule has 0 aromatic rings. The first-order valence-corrected chi connectivity index (χ1v) is 15.7. The lowest BCUT2D eigenvalue weighted by Gasteiger charge is -2.36. The second-order valence-electron chi connectivity index (χ2n) is 11.4. The second-order valence-corrected chi connectivity index (χ2v) is 12.9. The third-order valence-corrected chi connectivity index (χ3v) is 10.7. The van der Waals surface area contributed by atoms with Crippen molar-refractivity contribution in [2.24, 2.45) is 11.8 Å². The van der Waals surface area contributed by atoms with Gasteiger partial charge in [0.05, 0.1) is 29.8 Å². The number of amides is 3. The number of carbonyl (C=O) groups excluding carboxylic acids is 3. The largest absolute Gasteiger partial charge is 0.396 e. The molecular formula is C29H44N4O5S. The summed E-state index contributed by atoms with van der Waals surface area (Å²) in [6.45, 7) is 9.08. The van der Waals surface area contributed by atoms with Crippen LogP contribution in [0, 0.1) is 11.8 Å². The van der Waals surface area contributed by atoms with Crippen molar-refractivity contribution in [2.75, 3.05) is 72.2 Å². The summed E-state index contributed by atoms with van der Waals surface area (Å²) in [7, 11) is 0. The first-order chi connectivity index (χ1) is 19.0. The molecule has 3 amide bonds. The number of fused-ring (bicyclic) bond motifs is 2. The van der Waals surface area contributed by atoms with E-state index < -0.39 is 22.6 Å². The number of rotatable bonds is 11.